The van der Waals surface area contributed by atoms with E-state index in [1.807, 2.05) is 36.6 Å². The van der Waals surface area contributed by atoms with E-state index in [1.165, 1.54) is 0 Å². The van der Waals surface area contributed by atoms with Gasteiger partial charge >= 0.3 is 6.03 Å². The maximum atomic E-state index is 12.3. The summed E-state index contributed by atoms with van der Waals surface area (Å²) in [6.07, 6.45) is 1.94. The predicted molar refractivity (Wildman–Crippen MR) is 94.9 cm³/mol. The largest absolute Gasteiger partial charge is 0.395 e. The van der Waals surface area contributed by atoms with Crippen molar-refractivity contribution in [3.63, 3.8) is 0 Å². The number of nitrogens with zero attached hydrogens (tertiary/aromatic N) is 2. The monoisotopic (exact) mass is 333 g/mol. The molecule has 0 radical (unpaired) electrons. The van der Waals surface area contributed by atoms with Crippen LogP contribution in [0.4, 0.5) is 10.5 Å². The number of hydrogen-bond donors (Lipinski definition) is 2. The van der Waals surface area contributed by atoms with Crippen molar-refractivity contribution >= 4 is 23.1 Å². The number of aryl methyl sites for hydroxylation is 1. The molecule has 1 aromatic heterocycles. The molecule has 0 unspecified atom stereocenters. The highest BCUT2D eigenvalue weighted by atomic mass is 32.1. The normalized spacial score (nSPS) is 10.6. The molecule has 0 saturated carbocycles. The summed E-state index contributed by atoms with van der Waals surface area (Å²) in [5.41, 5.74) is 2.80. The van der Waals surface area contributed by atoms with Crippen LogP contribution in [0.1, 0.15) is 25.5 Å². The molecular formula is C17H23N3O2S. The Bertz CT molecular complexity index is 625. The molecule has 124 valence electrons. The summed E-state index contributed by atoms with van der Waals surface area (Å²) in [5.74, 6) is 0. The molecule has 0 atom stereocenters. The van der Waals surface area contributed by atoms with Crippen LogP contribution < -0.4 is 5.32 Å². The quantitative estimate of drug-likeness (QED) is 0.811. The number of aromatic nitrogens is 1. The first-order valence-corrected chi connectivity index (χ1v) is 8.71. The fraction of sp³-hybridized carbons (Fsp3) is 0.412. The lowest BCUT2D eigenvalue weighted by molar-refractivity contribution is 0.187. The number of nitrogens with one attached hydrogen (secondary N) is 1. The molecule has 2 rings (SSSR count). The Morgan fingerprint density at radius 1 is 1.30 bits per heavy atom. The van der Waals surface area contributed by atoms with E-state index in [4.69, 9.17) is 5.11 Å². The fourth-order valence-electron chi connectivity index (χ4n) is 2.17. The molecule has 1 heterocycles. The number of benzene rings is 1. The fourth-order valence-corrected chi connectivity index (χ4v) is 2.97. The van der Waals surface area contributed by atoms with Gasteiger partial charge in [0.05, 0.1) is 6.61 Å². The van der Waals surface area contributed by atoms with Crippen LogP contribution in [-0.2, 0) is 0 Å². The van der Waals surface area contributed by atoms with Crippen molar-refractivity contribution in [3.8, 4) is 10.6 Å². The molecular weight excluding hydrogens is 310 g/mol. The summed E-state index contributed by atoms with van der Waals surface area (Å²) in [4.78, 5) is 18.4. The number of amides is 2. The van der Waals surface area contributed by atoms with Crippen molar-refractivity contribution in [1.82, 2.24) is 9.88 Å². The number of aliphatic hydroxyl groups excluding tert-OH is 1. The summed E-state index contributed by atoms with van der Waals surface area (Å²) in [6, 6.07) is 7.49. The summed E-state index contributed by atoms with van der Waals surface area (Å²) < 4.78 is 0. The Morgan fingerprint density at radius 3 is 2.61 bits per heavy atom. The lowest BCUT2D eigenvalue weighted by Gasteiger charge is -2.22. The first-order valence-electron chi connectivity index (χ1n) is 7.83. The molecule has 0 fully saturated rings. The van der Waals surface area contributed by atoms with Crippen LogP contribution in [0.3, 0.4) is 0 Å². The van der Waals surface area contributed by atoms with Gasteiger partial charge in [-0.1, -0.05) is 13.3 Å². The van der Waals surface area contributed by atoms with Gasteiger partial charge in [0, 0.05) is 35.4 Å². The second kappa shape index (κ2) is 8.64. The van der Waals surface area contributed by atoms with E-state index in [0.717, 1.165) is 34.8 Å². The molecule has 2 N–H and O–H groups in total. The van der Waals surface area contributed by atoms with E-state index in [2.05, 4.69) is 17.2 Å². The molecule has 2 amide bonds. The number of rotatable bonds is 7. The minimum Gasteiger partial charge on any atom is -0.395 e. The van der Waals surface area contributed by atoms with Crippen molar-refractivity contribution in [2.75, 3.05) is 25.0 Å². The molecule has 5 nitrogen and oxygen atoms in total. The van der Waals surface area contributed by atoms with Crippen LogP contribution in [-0.4, -0.2) is 40.7 Å². The van der Waals surface area contributed by atoms with Gasteiger partial charge in [-0.3, -0.25) is 0 Å². The highest BCUT2D eigenvalue weighted by molar-refractivity contribution is 7.13. The van der Waals surface area contributed by atoms with Gasteiger partial charge in [-0.05, 0) is 37.6 Å². The Balaban J connectivity index is 2.00. The summed E-state index contributed by atoms with van der Waals surface area (Å²) in [5, 5.41) is 15.0. The van der Waals surface area contributed by atoms with Crippen molar-refractivity contribution in [3.05, 3.63) is 35.3 Å². The minimum atomic E-state index is -0.176. The molecule has 0 aliphatic rings. The Labute approximate surface area is 141 Å². The Morgan fingerprint density at radius 2 is 2.04 bits per heavy atom. The third-order valence-corrected chi connectivity index (χ3v) is 4.45. The third kappa shape index (κ3) is 5.04. The van der Waals surface area contributed by atoms with E-state index >= 15 is 0 Å². The Kier molecular flexibility index (Phi) is 6.55. The van der Waals surface area contributed by atoms with Crippen LogP contribution in [0, 0.1) is 6.92 Å². The zero-order chi connectivity index (χ0) is 16.7. The molecule has 2 aromatic rings. The van der Waals surface area contributed by atoms with Gasteiger partial charge in [-0.15, -0.1) is 11.3 Å². The molecule has 0 aliphatic carbocycles. The van der Waals surface area contributed by atoms with E-state index in [0.29, 0.717) is 13.1 Å². The lowest BCUT2D eigenvalue weighted by atomic mass is 10.2. The summed E-state index contributed by atoms with van der Waals surface area (Å²) in [7, 11) is 0. The maximum absolute atomic E-state index is 12.3. The number of hydrogen-bond acceptors (Lipinski definition) is 4. The highest BCUT2D eigenvalue weighted by Gasteiger charge is 2.12. The van der Waals surface area contributed by atoms with Crippen LogP contribution >= 0.6 is 11.3 Å². The molecule has 0 spiro atoms. The SMILES string of the molecule is CCCCN(CCO)C(=O)Nc1ccc(-c2nc(C)cs2)cc1. The van der Waals surface area contributed by atoms with Crippen molar-refractivity contribution in [1.29, 1.82) is 0 Å². The Hall–Kier alpha value is -1.92. The molecule has 0 bridgehead atoms. The zero-order valence-corrected chi connectivity index (χ0v) is 14.4. The van der Waals surface area contributed by atoms with Crippen LogP contribution in [0.15, 0.2) is 29.6 Å². The van der Waals surface area contributed by atoms with Crippen LogP contribution in [0.2, 0.25) is 0 Å². The summed E-state index contributed by atoms with van der Waals surface area (Å²) in [6.45, 7) is 5.02. The smallest absolute Gasteiger partial charge is 0.321 e. The molecule has 1 aromatic carbocycles. The van der Waals surface area contributed by atoms with Crippen LogP contribution in [0.5, 0.6) is 0 Å². The van der Waals surface area contributed by atoms with Crippen molar-refractivity contribution in [2.24, 2.45) is 0 Å². The molecule has 23 heavy (non-hydrogen) atoms. The van der Waals surface area contributed by atoms with E-state index in [9.17, 15) is 4.79 Å². The van der Waals surface area contributed by atoms with E-state index < -0.39 is 0 Å². The van der Waals surface area contributed by atoms with Crippen LogP contribution in [0.25, 0.3) is 10.6 Å². The second-order valence-corrected chi connectivity index (χ2v) is 6.22. The number of unbranched alkanes of at least 4 members (excludes halogenated alkanes) is 1. The number of aliphatic hydroxyl groups is 1. The number of urea groups is 1. The standard InChI is InChI=1S/C17H23N3O2S/c1-3-4-9-20(10-11-21)17(22)19-15-7-5-14(6-8-15)16-18-13(2)12-23-16/h5-8,12,21H,3-4,9-11H2,1-2H3,(H,19,22). The highest BCUT2D eigenvalue weighted by Crippen LogP contribution is 2.24. The average molecular weight is 333 g/mol. The number of anilines is 1. The average Bonchev–Trinajstić information content (AvgIpc) is 2.98. The molecule has 0 saturated heterocycles. The van der Waals surface area contributed by atoms with Gasteiger partial charge in [0.1, 0.15) is 5.01 Å². The lowest BCUT2D eigenvalue weighted by Crippen LogP contribution is -2.37. The van der Waals surface area contributed by atoms with Gasteiger partial charge in [-0.2, -0.15) is 0 Å². The van der Waals surface area contributed by atoms with Gasteiger partial charge in [0.2, 0.25) is 0 Å². The van der Waals surface area contributed by atoms with E-state index in [1.54, 1.807) is 16.2 Å². The maximum Gasteiger partial charge on any atom is 0.321 e. The third-order valence-electron chi connectivity index (χ3n) is 3.44. The van der Waals surface area contributed by atoms with E-state index in [-0.39, 0.29) is 12.6 Å². The first-order chi connectivity index (χ1) is 11.1. The van der Waals surface area contributed by atoms with Crippen molar-refractivity contribution in [2.45, 2.75) is 26.7 Å². The second-order valence-electron chi connectivity index (χ2n) is 5.37. The topological polar surface area (TPSA) is 65.5 Å². The van der Waals surface area contributed by atoms with Crippen molar-refractivity contribution < 1.29 is 9.90 Å². The molecule has 0 aliphatic heterocycles. The zero-order valence-electron chi connectivity index (χ0n) is 13.6. The predicted octanol–water partition coefficient (Wildman–Crippen LogP) is 3.74. The first kappa shape index (κ1) is 17.4. The van der Waals surface area contributed by atoms with Gasteiger partial charge in [-0.25, -0.2) is 9.78 Å². The molecule has 6 heteroatoms. The van der Waals surface area contributed by atoms with Gasteiger partial charge in [0.15, 0.2) is 0 Å². The van der Waals surface area contributed by atoms with Gasteiger partial charge < -0.3 is 15.3 Å². The number of thiazole rings is 1. The number of carbonyl (C=O) groups is 1. The minimum absolute atomic E-state index is 0.0283. The summed E-state index contributed by atoms with van der Waals surface area (Å²) >= 11 is 1.61. The number of carbonyl (C=O) groups excluding carboxylic acids is 1. The van der Waals surface area contributed by atoms with Gasteiger partial charge in [0.25, 0.3) is 0 Å².